The number of hydrogen-bond acceptors (Lipinski definition) is 2. The van der Waals surface area contributed by atoms with Gasteiger partial charge in [0, 0.05) is 54.8 Å². The Hall–Kier alpha value is -6.29. The number of nitrogens with zero attached hydrogens (tertiary/aromatic N) is 1. The van der Waals surface area contributed by atoms with Crippen LogP contribution in [-0.4, -0.2) is 9.82 Å². The van der Waals surface area contributed by atoms with Crippen LogP contribution in [0.4, 0.5) is 11.4 Å². The summed E-state index contributed by atoms with van der Waals surface area (Å²) in [5.41, 5.74) is 12.1. The minimum Gasteiger partial charge on any atom is -0.355 e. The Kier molecular flexibility index (Phi) is 6.96. The van der Waals surface area contributed by atoms with Crippen LogP contribution in [-0.2, 0) is 0 Å². The molecule has 0 fully saturated rings. The van der Waals surface area contributed by atoms with Crippen LogP contribution in [0.2, 0.25) is 0 Å². The molecule has 11 rings (SSSR count). The molecule has 0 saturated carbocycles. The lowest BCUT2D eigenvalue weighted by Crippen LogP contribution is -2.06. The van der Waals surface area contributed by atoms with E-state index in [2.05, 4.69) is 198 Å². The third-order valence-electron chi connectivity index (χ3n) is 11.1. The molecule has 250 valence electrons. The number of nitrogens with one attached hydrogen (secondary N) is 1. The van der Waals surface area contributed by atoms with E-state index < -0.39 is 0 Å². The Morgan fingerprint density at radius 2 is 1.25 bits per heavy atom. The lowest BCUT2D eigenvalue weighted by atomic mass is 9.91. The lowest BCUT2D eigenvalue weighted by Gasteiger charge is -2.15. The summed E-state index contributed by atoms with van der Waals surface area (Å²) in [6, 6.07) is 60.0. The SMILES string of the molecule is C1=CC2Sc3c(ccc4c5cc(-c6cccc(-c7ccccc7Nc7cccc8ccccc78)c6)ccc5n(-c5ccc6ccccc6c5)c34)C2C=C1. The minimum atomic E-state index is 0.406. The van der Waals surface area contributed by atoms with Crippen molar-refractivity contribution in [3.05, 3.63) is 194 Å². The maximum atomic E-state index is 3.77. The molecule has 1 aliphatic carbocycles. The van der Waals surface area contributed by atoms with E-state index in [1.807, 2.05) is 11.8 Å². The van der Waals surface area contributed by atoms with Crippen LogP contribution < -0.4 is 5.32 Å². The van der Waals surface area contributed by atoms with E-state index >= 15 is 0 Å². The predicted octanol–water partition coefficient (Wildman–Crippen LogP) is 13.9. The van der Waals surface area contributed by atoms with Crippen molar-refractivity contribution in [3.8, 4) is 27.9 Å². The van der Waals surface area contributed by atoms with Crippen molar-refractivity contribution in [1.82, 2.24) is 4.57 Å². The van der Waals surface area contributed by atoms with E-state index in [1.54, 1.807) is 0 Å². The highest BCUT2D eigenvalue weighted by atomic mass is 32.2. The molecular weight excluding hydrogens is 661 g/mol. The topological polar surface area (TPSA) is 17.0 Å². The lowest BCUT2D eigenvalue weighted by molar-refractivity contribution is 0.882. The highest BCUT2D eigenvalue weighted by Crippen LogP contribution is 2.53. The predicted molar refractivity (Wildman–Crippen MR) is 227 cm³/mol. The minimum absolute atomic E-state index is 0.406. The van der Waals surface area contributed by atoms with Crippen LogP contribution in [0.5, 0.6) is 0 Å². The summed E-state index contributed by atoms with van der Waals surface area (Å²) in [7, 11) is 0. The molecule has 2 atom stereocenters. The standard InChI is InChI=1S/C50H34N2S/c1-2-13-35-30-38(25-23-32(35)11-1)52-47-28-24-36(31-44(47)42-26-27-43-41-19-6-8-22-48(41)53-50(43)49(42)52)34-15-9-16-37(29-34)40-18-5-7-20-45(40)51-46-21-10-14-33-12-3-4-17-39(33)46/h1-31,41,48,51H. The zero-order valence-electron chi connectivity index (χ0n) is 28.9. The average molecular weight is 695 g/mol. The molecule has 3 heteroatoms. The monoisotopic (exact) mass is 694 g/mol. The number of benzene rings is 8. The molecule has 1 aromatic heterocycles. The first-order chi connectivity index (χ1) is 26.3. The Balaban J connectivity index is 1.05. The first-order valence-corrected chi connectivity index (χ1v) is 19.2. The molecule has 0 amide bonds. The third-order valence-corrected chi connectivity index (χ3v) is 12.5. The summed E-state index contributed by atoms with van der Waals surface area (Å²) in [6.07, 6.45) is 9.15. The van der Waals surface area contributed by atoms with Crippen LogP contribution in [0, 0.1) is 0 Å². The number of anilines is 2. The number of fused-ring (bicyclic) bond motifs is 9. The zero-order chi connectivity index (χ0) is 34.9. The fourth-order valence-corrected chi connectivity index (χ4v) is 10.0. The van der Waals surface area contributed by atoms with Crippen molar-refractivity contribution in [2.45, 2.75) is 16.1 Å². The fraction of sp³-hybridized carbons (Fsp3) is 0.0400. The van der Waals surface area contributed by atoms with Gasteiger partial charge in [-0.15, -0.1) is 11.8 Å². The first kappa shape index (κ1) is 30.3. The maximum absolute atomic E-state index is 3.77. The second kappa shape index (κ2) is 12.2. The molecule has 8 aromatic carbocycles. The Bertz CT molecular complexity index is 2980. The fourth-order valence-electron chi connectivity index (χ4n) is 8.55. The molecule has 1 N–H and O–H groups in total. The summed E-state index contributed by atoms with van der Waals surface area (Å²) in [6.45, 7) is 0. The van der Waals surface area contributed by atoms with Crippen LogP contribution in [0.25, 0.3) is 71.3 Å². The molecule has 0 bridgehead atoms. The third kappa shape index (κ3) is 4.96. The smallest absolute Gasteiger partial charge is 0.0680 e. The molecule has 2 heterocycles. The van der Waals surface area contributed by atoms with E-state index in [0.29, 0.717) is 11.2 Å². The van der Waals surface area contributed by atoms with Crippen molar-refractivity contribution < 1.29 is 0 Å². The molecule has 2 unspecified atom stereocenters. The van der Waals surface area contributed by atoms with Gasteiger partial charge < -0.3 is 9.88 Å². The molecule has 2 nitrogen and oxygen atoms in total. The molecule has 2 aliphatic rings. The Labute approximate surface area is 312 Å². The molecule has 53 heavy (non-hydrogen) atoms. The van der Waals surface area contributed by atoms with Crippen molar-refractivity contribution in [3.63, 3.8) is 0 Å². The maximum Gasteiger partial charge on any atom is 0.0680 e. The van der Waals surface area contributed by atoms with Crippen LogP contribution >= 0.6 is 11.8 Å². The number of thioether (sulfide) groups is 1. The first-order valence-electron chi connectivity index (χ1n) is 18.3. The number of para-hydroxylation sites is 1. The Morgan fingerprint density at radius 3 is 2.21 bits per heavy atom. The zero-order valence-corrected chi connectivity index (χ0v) is 29.7. The normalized spacial score (nSPS) is 16.1. The van der Waals surface area contributed by atoms with Crippen molar-refractivity contribution in [1.29, 1.82) is 0 Å². The van der Waals surface area contributed by atoms with Crippen LogP contribution in [0.1, 0.15) is 11.5 Å². The van der Waals surface area contributed by atoms with Gasteiger partial charge in [0.25, 0.3) is 0 Å². The summed E-state index contributed by atoms with van der Waals surface area (Å²) in [5.74, 6) is 0.406. The van der Waals surface area contributed by atoms with E-state index in [9.17, 15) is 0 Å². The number of allylic oxidation sites excluding steroid dienone is 3. The van der Waals surface area contributed by atoms with Gasteiger partial charge in [-0.3, -0.25) is 0 Å². The summed E-state index contributed by atoms with van der Waals surface area (Å²) < 4.78 is 2.52. The van der Waals surface area contributed by atoms with Crippen LogP contribution in [0.3, 0.4) is 0 Å². The molecular formula is C50H34N2S. The highest BCUT2D eigenvalue weighted by Gasteiger charge is 2.34. The quantitative estimate of drug-likeness (QED) is 0.193. The molecule has 0 saturated heterocycles. The van der Waals surface area contributed by atoms with Gasteiger partial charge in [0.05, 0.1) is 11.0 Å². The van der Waals surface area contributed by atoms with Gasteiger partial charge in [0.2, 0.25) is 0 Å². The number of aromatic nitrogens is 1. The highest BCUT2D eigenvalue weighted by molar-refractivity contribution is 8.00. The molecule has 1 aliphatic heterocycles. The van der Waals surface area contributed by atoms with Gasteiger partial charge in [-0.1, -0.05) is 146 Å². The van der Waals surface area contributed by atoms with E-state index in [-0.39, 0.29) is 0 Å². The summed E-state index contributed by atoms with van der Waals surface area (Å²) in [5, 5.41) is 11.7. The van der Waals surface area contributed by atoms with Gasteiger partial charge in [-0.25, -0.2) is 0 Å². The van der Waals surface area contributed by atoms with Gasteiger partial charge >= 0.3 is 0 Å². The molecule has 9 aromatic rings. The second-order valence-electron chi connectivity index (χ2n) is 14.1. The van der Waals surface area contributed by atoms with Gasteiger partial charge in [-0.2, -0.15) is 0 Å². The van der Waals surface area contributed by atoms with Crippen LogP contribution in [0.15, 0.2) is 193 Å². The van der Waals surface area contributed by atoms with Crippen molar-refractivity contribution >= 4 is 66.5 Å². The second-order valence-corrected chi connectivity index (χ2v) is 15.3. The van der Waals surface area contributed by atoms with E-state index in [1.165, 1.54) is 81.8 Å². The van der Waals surface area contributed by atoms with Crippen molar-refractivity contribution in [2.75, 3.05) is 5.32 Å². The number of hydrogen-bond donors (Lipinski definition) is 1. The van der Waals surface area contributed by atoms with E-state index in [4.69, 9.17) is 0 Å². The van der Waals surface area contributed by atoms with Crippen molar-refractivity contribution in [2.24, 2.45) is 0 Å². The average Bonchev–Trinajstić information content (AvgIpc) is 3.77. The summed E-state index contributed by atoms with van der Waals surface area (Å²) in [4.78, 5) is 1.40. The van der Waals surface area contributed by atoms with Gasteiger partial charge in [0.1, 0.15) is 0 Å². The summed E-state index contributed by atoms with van der Waals surface area (Å²) >= 11 is 2.01. The van der Waals surface area contributed by atoms with Gasteiger partial charge in [-0.05, 0) is 80.9 Å². The molecule has 0 radical (unpaired) electrons. The largest absolute Gasteiger partial charge is 0.355 e. The Morgan fingerprint density at radius 1 is 0.491 bits per heavy atom. The molecule has 0 spiro atoms. The van der Waals surface area contributed by atoms with E-state index in [0.717, 1.165) is 11.4 Å². The number of rotatable bonds is 5. The van der Waals surface area contributed by atoms with Gasteiger partial charge in [0.15, 0.2) is 0 Å².